The van der Waals surface area contributed by atoms with Crippen LogP contribution in [0.4, 0.5) is 4.79 Å². The number of ether oxygens (including phenoxy) is 1. The van der Waals surface area contributed by atoms with Gasteiger partial charge in [-0.15, -0.1) is 0 Å². The molecule has 0 spiro atoms. The Hall–Kier alpha value is -1.84. The summed E-state index contributed by atoms with van der Waals surface area (Å²) in [5.74, 6) is 0.316. The molecule has 1 atom stereocenters. The van der Waals surface area contributed by atoms with Gasteiger partial charge in [-0.25, -0.2) is 4.79 Å². The molecule has 1 aromatic rings. The third-order valence-corrected chi connectivity index (χ3v) is 3.37. The van der Waals surface area contributed by atoms with E-state index in [1.165, 1.54) is 4.90 Å². The molecule has 0 N–H and O–H groups in total. The van der Waals surface area contributed by atoms with Gasteiger partial charge in [-0.3, -0.25) is 4.79 Å². The van der Waals surface area contributed by atoms with Crippen molar-refractivity contribution in [3.8, 4) is 0 Å². The SMILES string of the molecule is CC(C)COC(=O)N1CC(=O)C(Cc2ccccc2)C1. The quantitative estimate of drug-likeness (QED) is 0.848. The van der Waals surface area contributed by atoms with Crippen LogP contribution in [0.25, 0.3) is 0 Å². The van der Waals surface area contributed by atoms with Gasteiger partial charge in [0.05, 0.1) is 13.2 Å². The second kappa shape index (κ2) is 6.55. The van der Waals surface area contributed by atoms with Gasteiger partial charge in [-0.1, -0.05) is 44.2 Å². The molecule has 20 heavy (non-hydrogen) atoms. The van der Waals surface area contributed by atoms with Crippen LogP contribution in [-0.2, 0) is 16.0 Å². The molecule has 0 radical (unpaired) electrons. The monoisotopic (exact) mass is 275 g/mol. The molecule has 1 saturated heterocycles. The number of ketones is 1. The number of rotatable bonds is 4. The molecule has 1 unspecified atom stereocenters. The average molecular weight is 275 g/mol. The smallest absolute Gasteiger partial charge is 0.410 e. The number of carbonyl (C=O) groups is 2. The van der Waals surface area contributed by atoms with E-state index in [2.05, 4.69) is 0 Å². The summed E-state index contributed by atoms with van der Waals surface area (Å²) < 4.78 is 5.17. The van der Waals surface area contributed by atoms with Gasteiger partial charge in [0.2, 0.25) is 0 Å². The van der Waals surface area contributed by atoms with E-state index in [1.54, 1.807) is 0 Å². The summed E-state index contributed by atoms with van der Waals surface area (Å²) in [6.07, 6.45) is 0.316. The molecule has 4 nitrogen and oxygen atoms in total. The van der Waals surface area contributed by atoms with Gasteiger partial charge in [-0.2, -0.15) is 0 Å². The molecular formula is C16H21NO3. The molecule has 1 aromatic carbocycles. The van der Waals surface area contributed by atoms with E-state index < -0.39 is 0 Å². The highest BCUT2D eigenvalue weighted by molar-refractivity contribution is 5.89. The first-order valence-corrected chi connectivity index (χ1v) is 7.04. The lowest BCUT2D eigenvalue weighted by atomic mass is 9.98. The maximum atomic E-state index is 12.0. The largest absolute Gasteiger partial charge is 0.449 e. The molecule has 1 aliphatic heterocycles. The van der Waals surface area contributed by atoms with Gasteiger partial charge >= 0.3 is 6.09 Å². The van der Waals surface area contributed by atoms with Crippen LogP contribution >= 0.6 is 0 Å². The Labute approximate surface area is 119 Å². The van der Waals surface area contributed by atoms with Crippen LogP contribution in [0.2, 0.25) is 0 Å². The number of carbonyl (C=O) groups excluding carboxylic acids is 2. The van der Waals surface area contributed by atoms with E-state index in [0.717, 1.165) is 5.56 Å². The Morgan fingerprint density at radius 2 is 2.05 bits per heavy atom. The van der Waals surface area contributed by atoms with Crippen LogP contribution in [0, 0.1) is 11.8 Å². The van der Waals surface area contributed by atoms with Gasteiger partial charge in [0.25, 0.3) is 0 Å². The Bertz CT molecular complexity index is 470. The van der Waals surface area contributed by atoms with Gasteiger partial charge in [0, 0.05) is 12.5 Å². The molecule has 1 aliphatic rings. The molecule has 0 bridgehead atoms. The third-order valence-electron chi connectivity index (χ3n) is 3.37. The van der Waals surface area contributed by atoms with Crippen molar-refractivity contribution < 1.29 is 14.3 Å². The first kappa shape index (κ1) is 14.6. The first-order chi connectivity index (χ1) is 9.56. The predicted octanol–water partition coefficient (Wildman–Crippen LogP) is 2.52. The van der Waals surface area contributed by atoms with Crippen LogP contribution in [0.1, 0.15) is 19.4 Å². The summed E-state index contributed by atoms with van der Waals surface area (Å²) in [5.41, 5.74) is 1.13. The second-order valence-corrected chi connectivity index (χ2v) is 5.70. The first-order valence-electron chi connectivity index (χ1n) is 7.04. The number of benzene rings is 1. The number of hydrogen-bond donors (Lipinski definition) is 0. The van der Waals surface area contributed by atoms with Gasteiger partial charge in [0.1, 0.15) is 0 Å². The van der Waals surface area contributed by atoms with Crippen molar-refractivity contribution in [2.75, 3.05) is 19.7 Å². The lowest BCUT2D eigenvalue weighted by molar-refractivity contribution is -0.119. The fraction of sp³-hybridized carbons (Fsp3) is 0.500. The van der Waals surface area contributed by atoms with E-state index >= 15 is 0 Å². The van der Waals surface area contributed by atoms with Crippen LogP contribution in [0.3, 0.4) is 0 Å². The number of likely N-dealkylation sites (tertiary alicyclic amines) is 1. The summed E-state index contributed by atoms with van der Waals surface area (Å²) in [7, 11) is 0. The van der Waals surface area contributed by atoms with Crippen molar-refractivity contribution in [3.05, 3.63) is 35.9 Å². The molecule has 108 valence electrons. The Morgan fingerprint density at radius 3 is 2.70 bits per heavy atom. The number of nitrogens with zero attached hydrogens (tertiary/aromatic N) is 1. The van der Waals surface area contributed by atoms with E-state index in [1.807, 2.05) is 44.2 Å². The van der Waals surface area contributed by atoms with Gasteiger partial charge in [0.15, 0.2) is 5.78 Å². The van der Waals surface area contributed by atoms with E-state index in [0.29, 0.717) is 25.5 Å². The Morgan fingerprint density at radius 1 is 1.35 bits per heavy atom. The summed E-state index contributed by atoms with van der Waals surface area (Å²) in [4.78, 5) is 25.3. The van der Waals surface area contributed by atoms with E-state index in [4.69, 9.17) is 4.74 Å². The lowest BCUT2D eigenvalue weighted by Crippen LogP contribution is -2.30. The van der Waals surface area contributed by atoms with Crippen LogP contribution in [-0.4, -0.2) is 36.5 Å². The zero-order valence-electron chi connectivity index (χ0n) is 12.0. The predicted molar refractivity (Wildman–Crippen MR) is 76.4 cm³/mol. The second-order valence-electron chi connectivity index (χ2n) is 5.70. The van der Waals surface area contributed by atoms with Crippen molar-refractivity contribution in [1.82, 2.24) is 4.90 Å². The number of hydrogen-bond acceptors (Lipinski definition) is 3. The maximum Gasteiger partial charge on any atom is 0.410 e. The third kappa shape index (κ3) is 3.83. The van der Waals surface area contributed by atoms with Gasteiger partial charge < -0.3 is 9.64 Å². The highest BCUT2D eigenvalue weighted by Gasteiger charge is 2.34. The van der Waals surface area contributed by atoms with Crippen molar-refractivity contribution >= 4 is 11.9 Å². The van der Waals surface area contributed by atoms with Crippen molar-refractivity contribution in [2.24, 2.45) is 11.8 Å². The maximum absolute atomic E-state index is 12.0. The zero-order chi connectivity index (χ0) is 14.5. The molecule has 4 heteroatoms. The van der Waals surface area contributed by atoms with Crippen LogP contribution in [0.15, 0.2) is 30.3 Å². The van der Waals surface area contributed by atoms with E-state index in [-0.39, 0.29) is 24.3 Å². The Kier molecular flexibility index (Phi) is 4.77. The topological polar surface area (TPSA) is 46.6 Å². The molecule has 1 heterocycles. The zero-order valence-corrected chi connectivity index (χ0v) is 12.0. The Balaban J connectivity index is 1.89. The van der Waals surface area contributed by atoms with E-state index in [9.17, 15) is 9.59 Å². The molecule has 1 fully saturated rings. The minimum atomic E-state index is -0.373. The molecule has 1 amide bonds. The molecule has 2 rings (SSSR count). The summed E-state index contributed by atoms with van der Waals surface area (Å²) in [6.45, 7) is 5.01. The fourth-order valence-corrected chi connectivity index (χ4v) is 2.29. The highest BCUT2D eigenvalue weighted by Crippen LogP contribution is 2.19. The van der Waals surface area contributed by atoms with Crippen molar-refractivity contribution in [3.63, 3.8) is 0 Å². The molecule has 0 saturated carbocycles. The van der Waals surface area contributed by atoms with Crippen molar-refractivity contribution in [2.45, 2.75) is 20.3 Å². The molecular weight excluding hydrogens is 254 g/mol. The highest BCUT2D eigenvalue weighted by atomic mass is 16.6. The lowest BCUT2D eigenvalue weighted by Gasteiger charge is -2.16. The van der Waals surface area contributed by atoms with Crippen LogP contribution in [0.5, 0.6) is 0 Å². The van der Waals surface area contributed by atoms with Crippen molar-refractivity contribution in [1.29, 1.82) is 0 Å². The molecule has 0 aliphatic carbocycles. The van der Waals surface area contributed by atoms with Gasteiger partial charge in [-0.05, 0) is 17.9 Å². The standard InChI is InChI=1S/C16H21NO3/c1-12(2)11-20-16(19)17-9-14(15(18)10-17)8-13-6-4-3-5-7-13/h3-7,12,14H,8-11H2,1-2H3. The minimum Gasteiger partial charge on any atom is -0.449 e. The summed E-state index contributed by atoms with van der Waals surface area (Å²) >= 11 is 0. The summed E-state index contributed by atoms with van der Waals surface area (Å²) in [5, 5.41) is 0. The minimum absolute atomic E-state index is 0.107. The normalized spacial score (nSPS) is 18.6. The van der Waals surface area contributed by atoms with Crippen LogP contribution < -0.4 is 0 Å². The fourth-order valence-electron chi connectivity index (χ4n) is 2.29. The number of amides is 1. The number of Topliss-reactive ketones (excluding diaryl/α,β-unsaturated/α-hetero) is 1. The summed E-state index contributed by atoms with van der Waals surface area (Å²) in [6, 6.07) is 9.89. The average Bonchev–Trinajstić information content (AvgIpc) is 2.79. The molecule has 0 aromatic heterocycles.